The van der Waals surface area contributed by atoms with Crippen LogP contribution in [0.15, 0.2) is 67.8 Å². The normalized spacial score (nSPS) is 11.6. The molecule has 0 saturated heterocycles. The SMILES string of the molecule is Cc1nc2ccccc2c(=O)n1/N=C/c1coc2ccc(Cl)cc2c1=O. The first-order valence-electron chi connectivity index (χ1n) is 7.78. The van der Waals surface area contributed by atoms with Gasteiger partial charge in [-0.05, 0) is 37.3 Å². The smallest absolute Gasteiger partial charge is 0.282 e. The number of hydrogen-bond acceptors (Lipinski definition) is 5. The van der Waals surface area contributed by atoms with Crippen LogP contribution >= 0.6 is 11.6 Å². The quantitative estimate of drug-likeness (QED) is 0.510. The van der Waals surface area contributed by atoms with Crippen molar-refractivity contribution in [3.8, 4) is 0 Å². The van der Waals surface area contributed by atoms with E-state index in [1.54, 1.807) is 37.3 Å². The Balaban J connectivity index is 1.86. The molecule has 0 unspecified atom stereocenters. The predicted octanol–water partition coefficient (Wildman–Crippen LogP) is 3.35. The molecule has 0 fully saturated rings. The van der Waals surface area contributed by atoms with E-state index in [1.165, 1.54) is 18.5 Å². The fourth-order valence-electron chi connectivity index (χ4n) is 2.70. The zero-order chi connectivity index (χ0) is 18.3. The number of halogens is 1. The largest absolute Gasteiger partial charge is 0.463 e. The molecule has 0 aliphatic heterocycles. The third-order valence-electron chi connectivity index (χ3n) is 3.99. The van der Waals surface area contributed by atoms with Gasteiger partial charge in [0.1, 0.15) is 17.7 Å². The first-order chi connectivity index (χ1) is 12.5. The predicted molar refractivity (Wildman–Crippen MR) is 101 cm³/mol. The molecule has 0 spiro atoms. The fraction of sp³-hybridized carbons (Fsp3) is 0.0526. The second-order valence-corrected chi connectivity index (χ2v) is 6.13. The van der Waals surface area contributed by atoms with Gasteiger partial charge in [0.05, 0.1) is 28.1 Å². The lowest BCUT2D eigenvalue weighted by molar-refractivity contribution is 0.601. The first kappa shape index (κ1) is 16.2. The van der Waals surface area contributed by atoms with Crippen molar-refractivity contribution in [3.63, 3.8) is 0 Å². The van der Waals surface area contributed by atoms with Gasteiger partial charge >= 0.3 is 0 Å². The fourth-order valence-corrected chi connectivity index (χ4v) is 2.87. The summed E-state index contributed by atoms with van der Waals surface area (Å²) in [7, 11) is 0. The molecule has 4 aromatic rings. The number of fused-ring (bicyclic) bond motifs is 2. The Hall–Kier alpha value is -3.25. The van der Waals surface area contributed by atoms with Gasteiger partial charge in [-0.25, -0.2) is 4.98 Å². The number of aromatic nitrogens is 2. The van der Waals surface area contributed by atoms with E-state index < -0.39 is 0 Å². The summed E-state index contributed by atoms with van der Waals surface area (Å²) >= 11 is 5.95. The maximum atomic E-state index is 12.6. The lowest BCUT2D eigenvalue weighted by atomic mass is 10.2. The second kappa shape index (κ2) is 6.24. The lowest BCUT2D eigenvalue weighted by Crippen LogP contribution is -2.21. The molecule has 0 atom stereocenters. The van der Waals surface area contributed by atoms with E-state index >= 15 is 0 Å². The van der Waals surface area contributed by atoms with Crippen molar-refractivity contribution < 1.29 is 4.42 Å². The molecule has 2 aromatic carbocycles. The van der Waals surface area contributed by atoms with Crippen LogP contribution in [-0.2, 0) is 0 Å². The van der Waals surface area contributed by atoms with Crippen LogP contribution in [0.5, 0.6) is 0 Å². The highest BCUT2D eigenvalue weighted by molar-refractivity contribution is 6.31. The van der Waals surface area contributed by atoms with E-state index in [0.717, 1.165) is 4.68 Å². The average Bonchev–Trinajstić information content (AvgIpc) is 2.63. The minimum Gasteiger partial charge on any atom is -0.463 e. The molecule has 2 heterocycles. The molecule has 0 radical (unpaired) electrons. The molecule has 2 aromatic heterocycles. The summed E-state index contributed by atoms with van der Waals surface area (Å²) in [5.41, 5.74) is 0.646. The minimum absolute atomic E-state index is 0.208. The highest BCUT2D eigenvalue weighted by Gasteiger charge is 2.08. The van der Waals surface area contributed by atoms with Crippen molar-refractivity contribution in [3.05, 3.63) is 85.7 Å². The zero-order valence-electron chi connectivity index (χ0n) is 13.6. The van der Waals surface area contributed by atoms with Gasteiger partial charge in [0.2, 0.25) is 5.43 Å². The summed E-state index contributed by atoms with van der Waals surface area (Å²) < 4.78 is 6.60. The average molecular weight is 366 g/mol. The third kappa shape index (κ3) is 2.70. The maximum absolute atomic E-state index is 12.6. The second-order valence-electron chi connectivity index (χ2n) is 5.70. The van der Waals surface area contributed by atoms with Crippen LogP contribution < -0.4 is 11.0 Å². The van der Waals surface area contributed by atoms with Crippen LogP contribution in [0.25, 0.3) is 21.9 Å². The molecule has 4 rings (SSSR count). The van der Waals surface area contributed by atoms with E-state index in [9.17, 15) is 9.59 Å². The Morgan fingerprint density at radius 3 is 2.81 bits per heavy atom. The van der Waals surface area contributed by atoms with Crippen LogP contribution in [0, 0.1) is 6.92 Å². The van der Waals surface area contributed by atoms with E-state index in [-0.39, 0.29) is 16.6 Å². The van der Waals surface area contributed by atoms with Crippen molar-refractivity contribution in [1.29, 1.82) is 0 Å². The van der Waals surface area contributed by atoms with Crippen molar-refractivity contribution in [1.82, 2.24) is 9.66 Å². The maximum Gasteiger partial charge on any atom is 0.282 e. The van der Waals surface area contributed by atoms with Crippen LogP contribution in [0.4, 0.5) is 0 Å². The minimum atomic E-state index is -0.308. The van der Waals surface area contributed by atoms with Crippen molar-refractivity contribution >= 4 is 39.7 Å². The number of rotatable bonds is 2. The van der Waals surface area contributed by atoms with Gasteiger partial charge in [0.15, 0.2) is 0 Å². The van der Waals surface area contributed by atoms with E-state index in [1.807, 2.05) is 6.07 Å². The van der Waals surface area contributed by atoms with Crippen molar-refractivity contribution in [2.75, 3.05) is 0 Å². The summed E-state index contributed by atoms with van der Waals surface area (Å²) in [6.45, 7) is 1.67. The number of aryl methyl sites for hydroxylation is 1. The molecule has 6 nitrogen and oxygen atoms in total. The van der Waals surface area contributed by atoms with Gasteiger partial charge in [-0.3, -0.25) is 9.59 Å². The van der Waals surface area contributed by atoms with Gasteiger partial charge in [-0.2, -0.15) is 9.78 Å². The molecule has 26 heavy (non-hydrogen) atoms. The Labute approximate surface area is 152 Å². The molecule has 128 valence electrons. The molecular weight excluding hydrogens is 354 g/mol. The van der Waals surface area contributed by atoms with E-state index in [0.29, 0.717) is 32.7 Å². The van der Waals surface area contributed by atoms with Crippen LogP contribution in [0.3, 0.4) is 0 Å². The number of hydrogen-bond donors (Lipinski definition) is 0. The molecule has 7 heteroatoms. The van der Waals surface area contributed by atoms with Crippen LogP contribution in [0.1, 0.15) is 11.4 Å². The summed E-state index contributed by atoms with van der Waals surface area (Å²) in [4.78, 5) is 29.5. The number of para-hydroxylation sites is 1. The highest BCUT2D eigenvalue weighted by atomic mass is 35.5. The monoisotopic (exact) mass is 365 g/mol. The van der Waals surface area contributed by atoms with Gasteiger partial charge in [0.25, 0.3) is 5.56 Å². The summed E-state index contributed by atoms with van der Waals surface area (Å²) in [5, 5.41) is 5.38. The van der Waals surface area contributed by atoms with E-state index in [4.69, 9.17) is 16.0 Å². The van der Waals surface area contributed by atoms with Gasteiger partial charge in [0, 0.05) is 5.02 Å². The molecule has 0 amide bonds. The summed E-state index contributed by atoms with van der Waals surface area (Å²) in [5.74, 6) is 0.415. The molecular formula is C19H12ClN3O3. The highest BCUT2D eigenvalue weighted by Crippen LogP contribution is 2.16. The summed E-state index contributed by atoms with van der Waals surface area (Å²) in [6.07, 6.45) is 2.59. The molecule has 0 aliphatic rings. The summed E-state index contributed by atoms with van der Waals surface area (Å²) in [6, 6.07) is 11.8. The Morgan fingerprint density at radius 2 is 1.96 bits per heavy atom. The van der Waals surface area contributed by atoms with Crippen molar-refractivity contribution in [2.24, 2.45) is 5.10 Å². The lowest BCUT2D eigenvalue weighted by Gasteiger charge is -2.05. The van der Waals surface area contributed by atoms with Crippen molar-refractivity contribution in [2.45, 2.75) is 6.92 Å². The Bertz CT molecular complexity index is 1310. The molecule has 0 aliphatic carbocycles. The Kier molecular flexibility index (Phi) is 3.89. The standard InChI is InChI=1S/C19H12ClN3O3/c1-11-22-16-5-3-2-4-14(16)19(25)23(11)21-9-12-10-26-17-7-6-13(20)8-15(17)18(12)24/h2-10H,1H3/b21-9+. The van der Waals surface area contributed by atoms with Gasteiger partial charge in [-0.15, -0.1) is 0 Å². The zero-order valence-corrected chi connectivity index (χ0v) is 14.4. The number of benzene rings is 2. The molecule has 0 N–H and O–H groups in total. The van der Waals surface area contributed by atoms with Crippen LogP contribution in [-0.4, -0.2) is 15.9 Å². The molecule has 0 saturated carbocycles. The Morgan fingerprint density at radius 1 is 1.15 bits per heavy atom. The van der Waals surface area contributed by atoms with Gasteiger partial charge < -0.3 is 4.42 Å². The van der Waals surface area contributed by atoms with Crippen LogP contribution in [0.2, 0.25) is 5.02 Å². The number of nitrogens with zero attached hydrogens (tertiary/aromatic N) is 3. The van der Waals surface area contributed by atoms with Gasteiger partial charge in [-0.1, -0.05) is 23.7 Å². The molecule has 0 bridgehead atoms. The third-order valence-corrected chi connectivity index (χ3v) is 4.22. The topological polar surface area (TPSA) is 77.5 Å². The first-order valence-corrected chi connectivity index (χ1v) is 8.16. The van der Waals surface area contributed by atoms with E-state index in [2.05, 4.69) is 10.1 Å².